The highest BCUT2D eigenvalue weighted by molar-refractivity contribution is 6.12. The van der Waals surface area contributed by atoms with Crippen molar-refractivity contribution in [2.75, 3.05) is 0 Å². The quantitative estimate of drug-likeness (QED) is 0.202. The van der Waals surface area contributed by atoms with Gasteiger partial charge in [-0.15, -0.1) is 0 Å². The Hall–Kier alpha value is -6.10. The molecule has 11 nitrogen and oxygen atoms in total. The first-order chi connectivity index (χ1) is 19.6. The van der Waals surface area contributed by atoms with Crippen molar-refractivity contribution in [1.82, 2.24) is 10.4 Å². The zero-order valence-electron chi connectivity index (χ0n) is 21.1. The maximum Gasteiger partial charge on any atom is 0.335 e. The van der Waals surface area contributed by atoms with E-state index in [0.717, 1.165) is 23.2 Å². The number of carboxylic acid groups (broad SMARTS) is 3. The van der Waals surface area contributed by atoms with Crippen molar-refractivity contribution in [3.8, 4) is 0 Å². The standard InChI is InChI=1S/C21H16N2O3.C9H6O6/c24-19(16-10-4-1-5-11-16)22-23(20(25)17-12-6-2-7-13-17)21(26)18-14-8-3-9-15-18;10-7(11)4-1-5(8(12)13)3-6(2-4)9(14)15/h1-15H,(H,22,24);1-3H,(H,10,11)(H,12,13)(H,14,15). The zero-order chi connectivity index (χ0) is 29.9. The van der Waals surface area contributed by atoms with Crippen LogP contribution in [0.2, 0.25) is 0 Å². The third kappa shape index (κ3) is 7.94. The molecule has 4 aromatic rings. The number of nitrogens with one attached hydrogen (secondary N) is 1. The van der Waals surface area contributed by atoms with E-state index in [-0.39, 0.29) is 16.7 Å². The predicted octanol–water partition coefficient (Wildman–Crippen LogP) is 4.10. The Labute approximate surface area is 232 Å². The van der Waals surface area contributed by atoms with Crippen LogP contribution in [-0.4, -0.2) is 56.0 Å². The molecule has 0 spiro atoms. The number of carbonyl (C=O) groups is 6. The lowest BCUT2D eigenvalue weighted by Crippen LogP contribution is -2.49. The molecule has 11 heteroatoms. The van der Waals surface area contributed by atoms with E-state index in [2.05, 4.69) is 5.43 Å². The molecule has 206 valence electrons. The molecule has 41 heavy (non-hydrogen) atoms. The first kappa shape index (κ1) is 29.5. The number of imide groups is 1. The van der Waals surface area contributed by atoms with Gasteiger partial charge in [-0.2, -0.15) is 5.01 Å². The second-order valence-electron chi connectivity index (χ2n) is 8.20. The minimum absolute atomic E-state index is 0.296. The lowest BCUT2D eigenvalue weighted by molar-refractivity contribution is 0.0483. The number of nitrogens with zero attached hydrogens (tertiary/aromatic N) is 1. The Bertz CT molecular complexity index is 1460. The SMILES string of the molecule is O=C(NN(C(=O)c1ccccc1)C(=O)c1ccccc1)c1ccccc1.O=C(O)c1cc(C(=O)O)cc(C(=O)O)c1. The minimum Gasteiger partial charge on any atom is -0.478 e. The van der Waals surface area contributed by atoms with Gasteiger partial charge >= 0.3 is 17.9 Å². The van der Waals surface area contributed by atoms with Gasteiger partial charge in [0.2, 0.25) is 0 Å². The maximum atomic E-state index is 12.8. The van der Waals surface area contributed by atoms with Gasteiger partial charge in [0.1, 0.15) is 0 Å². The van der Waals surface area contributed by atoms with Crippen LogP contribution >= 0.6 is 0 Å². The first-order valence-corrected chi connectivity index (χ1v) is 11.8. The summed E-state index contributed by atoms with van der Waals surface area (Å²) in [7, 11) is 0. The van der Waals surface area contributed by atoms with Crippen LogP contribution in [0.5, 0.6) is 0 Å². The molecule has 0 saturated carbocycles. The highest BCUT2D eigenvalue weighted by atomic mass is 16.4. The van der Waals surface area contributed by atoms with Gasteiger partial charge < -0.3 is 15.3 Å². The summed E-state index contributed by atoms with van der Waals surface area (Å²) in [6.07, 6.45) is 0. The summed E-state index contributed by atoms with van der Waals surface area (Å²) < 4.78 is 0. The monoisotopic (exact) mass is 554 g/mol. The van der Waals surface area contributed by atoms with Gasteiger partial charge in [0.25, 0.3) is 17.7 Å². The molecular formula is C30H22N2O9. The van der Waals surface area contributed by atoms with E-state index >= 15 is 0 Å². The number of hydrazine groups is 1. The molecule has 0 heterocycles. The molecule has 0 aliphatic heterocycles. The fourth-order valence-electron chi connectivity index (χ4n) is 3.37. The van der Waals surface area contributed by atoms with Crippen molar-refractivity contribution in [2.45, 2.75) is 0 Å². The molecule has 3 amide bonds. The lowest BCUT2D eigenvalue weighted by atomic mass is 10.1. The topological polar surface area (TPSA) is 178 Å². The van der Waals surface area contributed by atoms with Crippen molar-refractivity contribution >= 4 is 35.6 Å². The summed E-state index contributed by atoms with van der Waals surface area (Å²) in [5, 5.41) is 26.6. The average molecular weight is 555 g/mol. The van der Waals surface area contributed by atoms with Gasteiger partial charge in [0.05, 0.1) is 16.7 Å². The molecule has 0 unspecified atom stereocenters. The van der Waals surface area contributed by atoms with Crippen molar-refractivity contribution < 1.29 is 44.1 Å². The molecule has 0 aliphatic rings. The van der Waals surface area contributed by atoms with Crippen LogP contribution < -0.4 is 5.43 Å². The van der Waals surface area contributed by atoms with Gasteiger partial charge in [-0.3, -0.25) is 19.8 Å². The molecule has 0 bridgehead atoms. The Morgan fingerprint density at radius 1 is 0.439 bits per heavy atom. The van der Waals surface area contributed by atoms with Crippen molar-refractivity contribution in [3.05, 3.63) is 143 Å². The summed E-state index contributed by atoms with van der Waals surface area (Å²) in [6.45, 7) is 0. The molecule has 4 N–H and O–H groups in total. The van der Waals surface area contributed by atoms with E-state index < -0.39 is 35.6 Å². The van der Waals surface area contributed by atoms with Crippen molar-refractivity contribution in [3.63, 3.8) is 0 Å². The first-order valence-electron chi connectivity index (χ1n) is 11.8. The van der Waals surface area contributed by atoms with Crippen LogP contribution in [0.4, 0.5) is 0 Å². The Balaban J connectivity index is 0.000000263. The largest absolute Gasteiger partial charge is 0.478 e. The fourth-order valence-corrected chi connectivity index (χ4v) is 3.37. The second-order valence-corrected chi connectivity index (χ2v) is 8.20. The third-order valence-corrected chi connectivity index (χ3v) is 5.37. The van der Waals surface area contributed by atoms with Crippen LogP contribution in [0, 0.1) is 0 Å². The maximum absolute atomic E-state index is 12.8. The number of amides is 3. The number of benzene rings is 4. The van der Waals surface area contributed by atoms with Crippen LogP contribution in [0.15, 0.2) is 109 Å². The van der Waals surface area contributed by atoms with Gasteiger partial charge in [0.15, 0.2) is 0 Å². The summed E-state index contributed by atoms with van der Waals surface area (Å²) in [4.78, 5) is 69.8. The molecular weight excluding hydrogens is 532 g/mol. The van der Waals surface area contributed by atoms with Crippen LogP contribution in [0.1, 0.15) is 62.1 Å². The molecule has 0 saturated heterocycles. The van der Waals surface area contributed by atoms with Gasteiger partial charge in [-0.25, -0.2) is 14.4 Å². The summed E-state index contributed by atoms with van der Waals surface area (Å²) in [6, 6.07) is 27.7. The van der Waals surface area contributed by atoms with Crippen LogP contribution in [-0.2, 0) is 0 Å². The molecule has 4 rings (SSSR count). The number of carbonyl (C=O) groups excluding carboxylic acids is 3. The van der Waals surface area contributed by atoms with Crippen molar-refractivity contribution in [1.29, 1.82) is 0 Å². The number of carboxylic acids is 3. The molecule has 0 atom stereocenters. The van der Waals surface area contributed by atoms with E-state index in [1.165, 1.54) is 0 Å². The Kier molecular flexibility index (Phi) is 9.79. The molecule has 0 aromatic heterocycles. The molecule has 0 radical (unpaired) electrons. The Morgan fingerprint density at radius 3 is 1.02 bits per heavy atom. The smallest absolute Gasteiger partial charge is 0.335 e. The van der Waals surface area contributed by atoms with E-state index in [4.69, 9.17) is 15.3 Å². The summed E-state index contributed by atoms with van der Waals surface area (Å²) in [5.41, 5.74) is 2.26. The highest BCUT2D eigenvalue weighted by Gasteiger charge is 2.26. The number of rotatable bonds is 6. The predicted molar refractivity (Wildman–Crippen MR) is 145 cm³/mol. The lowest BCUT2D eigenvalue weighted by Gasteiger charge is -2.21. The van der Waals surface area contributed by atoms with Crippen molar-refractivity contribution in [2.24, 2.45) is 0 Å². The van der Waals surface area contributed by atoms with E-state index in [1.54, 1.807) is 91.0 Å². The average Bonchev–Trinajstić information content (AvgIpc) is 3.00. The van der Waals surface area contributed by atoms with E-state index in [0.29, 0.717) is 16.7 Å². The summed E-state index contributed by atoms with van der Waals surface area (Å²) in [5.74, 6) is -5.88. The second kappa shape index (κ2) is 13.6. The van der Waals surface area contributed by atoms with E-state index in [9.17, 15) is 28.8 Å². The number of hydrogen-bond acceptors (Lipinski definition) is 6. The normalized spacial score (nSPS) is 9.85. The molecule has 0 aliphatic carbocycles. The van der Waals surface area contributed by atoms with Crippen LogP contribution in [0.3, 0.4) is 0 Å². The van der Waals surface area contributed by atoms with Gasteiger partial charge in [-0.05, 0) is 54.6 Å². The van der Waals surface area contributed by atoms with Gasteiger partial charge in [-0.1, -0.05) is 54.6 Å². The fraction of sp³-hybridized carbons (Fsp3) is 0. The Morgan fingerprint density at radius 2 is 0.732 bits per heavy atom. The third-order valence-electron chi connectivity index (χ3n) is 5.37. The van der Waals surface area contributed by atoms with E-state index in [1.807, 2.05) is 0 Å². The summed E-state index contributed by atoms with van der Waals surface area (Å²) >= 11 is 0. The molecule has 4 aromatic carbocycles. The highest BCUT2D eigenvalue weighted by Crippen LogP contribution is 2.12. The van der Waals surface area contributed by atoms with Gasteiger partial charge in [0, 0.05) is 16.7 Å². The number of hydrogen-bond donors (Lipinski definition) is 4. The van der Waals surface area contributed by atoms with Crippen LogP contribution in [0.25, 0.3) is 0 Å². The zero-order valence-corrected chi connectivity index (χ0v) is 21.1. The minimum atomic E-state index is -1.37. The number of aromatic carboxylic acids is 3. The molecule has 0 fully saturated rings.